The van der Waals surface area contributed by atoms with E-state index in [2.05, 4.69) is 16.0 Å². The number of carboxylic acid groups (broad SMARTS) is 1. The largest absolute Gasteiger partial charge is 0.481 e. The molecule has 0 aromatic heterocycles. The third-order valence-electron chi connectivity index (χ3n) is 5.27. The van der Waals surface area contributed by atoms with Crippen LogP contribution in [-0.2, 0) is 24.0 Å². The maximum Gasteiger partial charge on any atom is 0.305 e. The third-order valence-corrected chi connectivity index (χ3v) is 5.58. The zero-order valence-corrected chi connectivity index (χ0v) is 19.6. The lowest BCUT2D eigenvalue weighted by atomic mass is 10.1. The van der Waals surface area contributed by atoms with Crippen molar-refractivity contribution in [1.82, 2.24) is 15.5 Å². The van der Waals surface area contributed by atoms with Crippen molar-refractivity contribution in [3.05, 3.63) is 28.8 Å². The maximum atomic E-state index is 12.9. The fourth-order valence-electron chi connectivity index (χ4n) is 3.49. The Labute approximate surface area is 201 Å². The van der Waals surface area contributed by atoms with E-state index in [4.69, 9.17) is 16.7 Å². The lowest BCUT2D eigenvalue weighted by molar-refractivity contribution is -0.141. The molecule has 0 spiro atoms. The summed E-state index contributed by atoms with van der Waals surface area (Å²) in [6, 6.07) is 1.26. The second-order valence-corrected chi connectivity index (χ2v) is 8.24. The van der Waals surface area contributed by atoms with Crippen LogP contribution in [0.15, 0.2) is 18.2 Å². The summed E-state index contributed by atoms with van der Waals surface area (Å²) in [6.07, 6.45) is 0.919. The number of nitrogens with one attached hydrogen (secondary N) is 3. The van der Waals surface area contributed by atoms with E-state index in [1.165, 1.54) is 30.0 Å². The lowest BCUT2D eigenvalue weighted by Crippen LogP contribution is -2.54. The zero-order chi connectivity index (χ0) is 25.4. The van der Waals surface area contributed by atoms with Gasteiger partial charge in [-0.1, -0.05) is 18.5 Å². The number of amides is 4. The van der Waals surface area contributed by atoms with Crippen LogP contribution in [0.3, 0.4) is 0 Å². The number of carbonyl (C=O) groups excluding carboxylic acids is 5. The van der Waals surface area contributed by atoms with Crippen LogP contribution >= 0.6 is 11.6 Å². The summed E-state index contributed by atoms with van der Waals surface area (Å²) in [4.78, 5) is 72.8. The summed E-state index contributed by atoms with van der Waals surface area (Å²) in [5.41, 5.74) is 0.536. The molecule has 184 valence electrons. The molecule has 34 heavy (non-hydrogen) atoms. The summed E-state index contributed by atoms with van der Waals surface area (Å²) >= 11 is 6.14. The predicted octanol–water partition coefficient (Wildman–Crippen LogP) is 0.956. The molecular weight excluding hydrogens is 468 g/mol. The first kappa shape index (κ1) is 26.8. The molecule has 2 rings (SSSR count). The molecule has 1 aliphatic heterocycles. The Morgan fingerprint density at radius 3 is 2.53 bits per heavy atom. The Kier molecular flexibility index (Phi) is 9.55. The molecule has 3 atom stereocenters. The predicted molar refractivity (Wildman–Crippen MR) is 122 cm³/mol. The fourth-order valence-corrected chi connectivity index (χ4v) is 3.72. The molecular formula is C22H27ClN4O7. The minimum atomic E-state index is -1.24. The van der Waals surface area contributed by atoms with Crippen LogP contribution in [0, 0.1) is 0 Å². The summed E-state index contributed by atoms with van der Waals surface area (Å²) < 4.78 is 0. The summed E-state index contributed by atoms with van der Waals surface area (Å²) in [7, 11) is 0. The second-order valence-electron chi connectivity index (χ2n) is 7.83. The smallest absolute Gasteiger partial charge is 0.305 e. The molecule has 1 aromatic rings. The summed E-state index contributed by atoms with van der Waals surface area (Å²) in [6.45, 7) is 3.44. The molecule has 1 aromatic carbocycles. The minimum Gasteiger partial charge on any atom is -0.481 e. The van der Waals surface area contributed by atoms with Crippen molar-refractivity contribution in [2.45, 2.75) is 57.7 Å². The average Bonchev–Trinajstić information content (AvgIpc) is 3.28. The first-order valence-electron chi connectivity index (χ1n) is 10.8. The van der Waals surface area contributed by atoms with Crippen molar-refractivity contribution in [1.29, 1.82) is 0 Å². The van der Waals surface area contributed by atoms with Crippen LogP contribution in [0.25, 0.3) is 0 Å². The topological polar surface area (TPSA) is 162 Å². The van der Waals surface area contributed by atoms with Gasteiger partial charge in [-0.15, -0.1) is 0 Å². The Hall–Kier alpha value is -3.47. The maximum absolute atomic E-state index is 12.9. The number of likely N-dealkylation sites (tertiary alicyclic amines) is 1. The standard InChI is InChI=1S/C22H27ClN4O7/c1-3-18(29)26-16-7-6-13(9-15(16)23)20(32)24-12(2)22(34)27-8-4-5-17(27)21(33)25-14(11-28)10-19(30)31/h6-7,9,11-12,14,17H,3-5,8,10H2,1-2H3,(H,24,32)(H,25,33)(H,26,29)(H,30,31)/t12-,14-,17?/m0/s1. The van der Waals surface area contributed by atoms with E-state index in [1.807, 2.05) is 0 Å². The number of halogens is 1. The van der Waals surface area contributed by atoms with Gasteiger partial charge in [-0.3, -0.25) is 24.0 Å². The molecule has 1 saturated heterocycles. The van der Waals surface area contributed by atoms with Gasteiger partial charge in [0.15, 0.2) is 0 Å². The SMILES string of the molecule is CCC(=O)Nc1ccc(C(=O)N[C@@H](C)C(=O)N2CCCC2C(=O)N[C@H](C=O)CC(=O)O)cc1Cl. The molecule has 1 fully saturated rings. The fraction of sp³-hybridized carbons (Fsp3) is 0.455. The van der Waals surface area contributed by atoms with Crippen molar-refractivity contribution < 1.29 is 33.9 Å². The minimum absolute atomic E-state index is 0.163. The van der Waals surface area contributed by atoms with E-state index in [0.717, 1.165) is 0 Å². The molecule has 0 radical (unpaired) electrons. The van der Waals surface area contributed by atoms with Gasteiger partial charge in [-0.05, 0) is 38.0 Å². The number of carboxylic acids is 1. The number of nitrogens with zero attached hydrogens (tertiary/aromatic N) is 1. The molecule has 11 nitrogen and oxygen atoms in total. The van der Waals surface area contributed by atoms with E-state index in [0.29, 0.717) is 24.8 Å². The molecule has 4 amide bonds. The van der Waals surface area contributed by atoms with E-state index in [-0.39, 0.29) is 29.5 Å². The summed E-state index contributed by atoms with van der Waals surface area (Å²) in [5.74, 6) is -3.17. The van der Waals surface area contributed by atoms with Gasteiger partial charge < -0.3 is 30.8 Å². The molecule has 0 aliphatic carbocycles. The van der Waals surface area contributed by atoms with Crippen molar-refractivity contribution in [2.75, 3.05) is 11.9 Å². The summed E-state index contributed by atoms with van der Waals surface area (Å²) in [5, 5.41) is 16.5. The van der Waals surface area contributed by atoms with E-state index in [1.54, 1.807) is 6.92 Å². The highest BCUT2D eigenvalue weighted by molar-refractivity contribution is 6.34. The van der Waals surface area contributed by atoms with Crippen LogP contribution in [0.2, 0.25) is 5.02 Å². The number of hydrogen-bond donors (Lipinski definition) is 4. The van der Waals surface area contributed by atoms with Crippen LogP contribution in [0.4, 0.5) is 5.69 Å². The van der Waals surface area contributed by atoms with Crippen molar-refractivity contribution in [3.8, 4) is 0 Å². The van der Waals surface area contributed by atoms with E-state index in [9.17, 15) is 28.8 Å². The van der Waals surface area contributed by atoms with Gasteiger partial charge in [0.1, 0.15) is 18.4 Å². The molecule has 1 heterocycles. The number of aliphatic carboxylic acids is 1. The van der Waals surface area contributed by atoms with Crippen LogP contribution in [0.5, 0.6) is 0 Å². The molecule has 1 unspecified atom stereocenters. The first-order valence-corrected chi connectivity index (χ1v) is 11.1. The number of aldehydes is 1. The van der Waals surface area contributed by atoms with Crippen LogP contribution < -0.4 is 16.0 Å². The highest BCUT2D eigenvalue weighted by Gasteiger charge is 2.37. The molecule has 4 N–H and O–H groups in total. The van der Waals surface area contributed by atoms with Gasteiger partial charge in [0.05, 0.1) is 23.2 Å². The Bertz CT molecular complexity index is 984. The monoisotopic (exact) mass is 494 g/mol. The van der Waals surface area contributed by atoms with Gasteiger partial charge >= 0.3 is 5.97 Å². The molecule has 0 saturated carbocycles. The zero-order valence-electron chi connectivity index (χ0n) is 18.8. The van der Waals surface area contributed by atoms with Gasteiger partial charge in [-0.2, -0.15) is 0 Å². The third kappa shape index (κ3) is 7.01. The van der Waals surface area contributed by atoms with Crippen molar-refractivity contribution in [2.24, 2.45) is 0 Å². The van der Waals surface area contributed by atoms with Crippen molar-refractivity contribution in [3.63, 3.8) is 0 Å². The van der Waals surface area contributed by atoms with E-state index < -0.39 is 48.2 Å². The highest BCUT2D eigenvalue weighted by atomic mass is 35.5. The van der Waals surface area contributed by atoms with Gasteiger partial charge in [0.2, 0.25) is 17.7 Å². The number of hydrogen-bond acceptors (Lipinski definition) is 6. The first-order chi connectivity index (χ1) is 16.1. The number of anilines is 1. The lowest BCUT2D eigenvalue weighted by Gasteiger charge is -2.27. The molecule has 1 aliphatic rings. The number of benzene rings is 1. The quantitative estimate of drug-likeness (QED) is 0.352. The molecule has 12 heteroatoms. The highest BCUT2D eigenvalue weighted by Crippen LogP contribution is 2.24. The van der Waals surface area contributed by atoms with Gasteiger partial charge in [-0.25, -0.2) is 0 Å². The number of carbonyl (C=O) groups is 6. The van der Waals surface area contributed by atoms with Gasteiger partial charge in [0, 0.05) is 18.5 Å². The van der Waals surface area contributed by atoms with Crippen molar-refractivity contribution >= 4 is 53.2 Å². The Morgan fingerprint density at radius 1 is 1.24 bits per heavy atom. The molecule has 0 bridgehead atoms. The normalized spacial score (nSPS) is 16.8. The Morgan fingerprint density at radius 2 is 1.94 bits per heavy atom. The number of rotatable bonds is 10. The average molecular weight is 495 g/mol. The van der Waals surface area contributed by atoms with Gasteiger partial charge in [0.25, 0.3) is 5.91 Å². The second kappa shape index (κ2) is 12.1. The van der Waals surface area contributed by atoms with Crippen LogP contribution in [-0.4, -0.2) is 70.6 Å². The Balaban J connectivity index is 2.02. The van der Waals surface area contributed by atoms with Crippen LogP contribution in [0.1, 0.15) is 49.9 Å². The van der Waals surface area contributed by atoms with E-state index >= 15 is 0 Å².